The minimum Gasteiger partial charge on any atom is -0.486 e. The van der Waals surface area contributed by atoms with Crippen molar-refractivity contribution in [2.45, 2.75) is 51.0 Å². The third-order valence-electron chi connectivity index (χ3n) is 6.89. The van der Waals surface area contributed by atoms with Crippen molar-refractivity contribution in [1.29, 1.82) is 0 Å². The number of nitrogens with zero attached hydrogens (tertiary/aromatic N) is 1. The van der Waals surface area contributed by atoms with Crippen molar-refractivity contribution >= 4 is 46.4 Å². The lowest BCUT2D eigenvalue weighted by Crippen LogP contribution is -2.37. The van der Waals surface area contributed by atoms with E-state index in [9.17, 15) is 9.59 Å². The van der Waals surface area contributed by atoms with Crippen molar-refractivity contribution in [3.63, 3.8) is 0 Å². The van der Waals surface area contributed by atoms with E-state index in [2.05, 4.69) is 4.90 Å². The zero-order valence-electron chi connectivity index (χ0n) is 18.8. The zero-order chi connectivity index (χ0) is 24.0. The second-order valence-corrected chi connectivity index (χ2v) is 10.2. The molecule has 3 aliphatic rings. The molecule has 0 spiro atoms. The van der Waals surface area contributed by atoms with Crippen LogP contribution in [0.5, 0.6) is 5.75 Å². The summed E-state index contributed by atoms with van der Waals surface area (Å²) in [6.07, 6.45) is 4.27. The molecule has 2 aromatic rings. The van der Waals surface area contributed by atoms with Gasteiger partial charge in [0.1, 0.15) is 6.61 Å². The van der Waals surface area contributed by atoms with Gasteiger partial charge in [-0.15, -0.1) is 0 Å². The van der Waals surface area contributed by atoms with E-state index in [-0.39, 0.29) is 18.2 Å². The van der Waals surface area contributed by atoms with E-state index < -0.39 is 5.92 Å². The molecule has 0 radical (unpaired) electrons. The highest BCUT2D eigenvalue weighted by atomic mass is 35.5. The molecule has 0 bridgehead atoms. The Hall–Kier alpha value is -2.27. The number of rotatable bonds is 4. The van der Waals surface area contributed by atoms with Crippen LogP contribution in [0.25, 0.3) is 0 Å². The Morgan fingerprint density at radius 3 is 1.91 bits per heavy atom. The van der Waals surface area contributed by atoms with Gasteiger partial charge in [-0.3, -0.25) is 9.59 Å². The molecule has 1 heterocycles. The van der Waals surface area contributed by atoms with Crippen LogP contribution in [-0.2, 0) is 16.2 Å². The fraction of sp³-hybridized carbons (Fsp3) is 0.333. The molecule has 2 aliphatic carbocycles. The summed E-state index contributed by atoms with van der Waals surface area (Å²) in [5.41, 5.74) is 5.15. The summed E-state index contributed by atoms with van der Waals surface area (Å²) in [6, 6.07) is 10.9. The third kappa shape index (κ3) is 4.17. The predicted octanol–water partition coefficient (Wildman–Crippen LogP) is 7.27. The quantitative estimate of drug-likeness (QED) is 0.429. The van der Waals surface area contributed by atoms with Gasteiger partial charge in [0.15, 0.2) is 17.3 Å². The molecule has 7 heteroatoms. The van der Waals surface area contributed by atoms with Gasteiger partial charge in [-0.2, -0.15) is 0 Å². The number of hydrogen-bond acceptors (Lipinski definition) is 4. The average Bonchev–Trinajstić information content (AvgIpc) is 2.81. The lowest BCUT2D eigenvalue weighted by atomic mass is 9.71. The first kappa shape index (κ1) is 23.5. The minimum absolute atomic E-state index is 0.0957. The zero-order valence-corrected chi connectivity index (χ0v) is 21.1. The number of carbonyl (C=O) groups is 2. The second-order valence-electron chi connectivity index (χ2n) is 9.00. The number of ketones is 2. The Kier molecular flexibility index (Phi) is 6.49. The molecule has 0 atom stereocenters. The van der Waals surface area contributed by atoms with Crippen LogP contribution in [0.15, 0.2) is 58.9 Å². The summed E-state index contributed by atoms with van der Waals surface area (Å²) in [7, 11) is 1.98. The van der Waals surface area contributed by atoms with Gasteiger partial charge in [0, 0.05) is 53.4 Å². The van der Waals surface area contributed by atoms with Crippen LogP contribution < -0.4 is 4.74 Å². The van der Waals surface area contributed by atoms with E-state index in [0.717, 1.165) is 48.2 Å². The lowest BCUT2D eigenvalue weighted by molar-refractivity contribution is -0.117. The molecule has 0 unspecified atom stereocenters. The Labute approximate surface area is 214 Å². The van der Waals surface area contributed by atoms with Crippen LogP contribution in [0.2, 0.25) is 15.1 Å². The first-order valence-corrected chi connectivity index (χ1v) is 12.6. The number of benzene rings is 2. The first-order chi connectivity index (χ1) is 16.3. The van der Waals surface area contributed by atoms with E-state index >= 15 is 0 Å². The Balaban J connectivity index is 1.55. The maximum atomic E-state index is 13.1. The second kappa shape index (κ2) is 9.41. The molecule has 0 N–H and O–H groups in total. The van der Waals surface area contributed by atoms with Crippen LogP contribution in [0, 0.1) is 0 Å². The summed E-state index contributed by atoms with van der Waals surface area (Å²) in [5.74, 6) is 0.127. The number of hydrogen-bond donors (Lipinski definition) is 0. The largest absolute Gasteiger partial charge is 0.486 e. The molecular formula is C27H24Cl3NO3. The summed E-state index contributed by atoms with van der Waals surface area (Å²) < 4.78 is 5.94. The Bertz CT molecular complexity index is 1180. The monoisotopic (exact) mass is 515 g/mol. The molecule has 5 rings (SSSR count). The number of carbonyl (C=O) groups excluding carboxylic acids is 2. The SMILES string of the molecule is CN1C2=C(C(=O)CCC2)C(c2cc(Cl)c(OCc3ccc(Cl)cc3)c(Cl)c2)C2=C1CCCC2=O. The van der Waals surface area contributed by atoms with Crippen molar-refractivity contribution in [2.24, 2.45) is 0 Å². The molecule has 176 valence electrons. The summed E-state index contributed by atoms with van der Waals surface area (Å²) in [5, 5.41) is 1.36. The summed E-state index contributed by atoms with van der Waals surface area (Å²) >= 11 is 19.3. The normalized spacial score (nSPS) is 18.9. The number of halogens is 3. The topological polar surface area (TPSA) is 46.6 Å². The van der Waals surface area contributed by atoms with E-state index in [1.54, 1.807) is 24.3 Å². The molecule has 0 fully saturated rings. The number of Topliss-reactive ketones (excluding diaryl/α,β-unsaturated/α-hetero) is 2. The van der Waals surface area contributed by atoms with Crippen molar-refractivity contribution in [1.82, 2.24) is 4.90 Å². The summed E-state index contributed by atoms with van der Waals surface area (Å²) in [4.78, 5) is 28.4. The molecule has 1 aliphatic heterocycles. The first-order valence-electron chi connectivity index (χ1n) is 11.5. The smallest absolute Gasteiger partial charge is 0.161 e. The van der Waals surface area contributed by atoms with E-state index in [0.29, 0.717) is 44.8 Å². The third-order valence-corrected chi connectivity index (χ3v) is 7.71. The highest BCUT2D eigenvalue weighted by molar-refractivity contribution is 6.37. The highest BCUT2D eigenvalue weighted by Gasteiger charge is 2.42. The average molecular weight is 517 g/mol. The van der Waals surface area contributed by atoms with E-state index in [4.69, 9.17) is 39.5 Å². The van der Waals surface area contributed by atoms with Crippen LogP contribution in [0.4, 0.5) is 0 Å². The van der Waals surface area contributed by atoms with E-state index in [1.807, 2.05) is 19.2 Å². The molecular weight excluding hydrogens is 493 g/mol. The predicted molar refractivity (Wildman–Crippen MR) is 135 cm³/mol. The van der Waals surface area contributed by atoms with Crippen molar-refractivity contribution in [2.75, 3.05) is 7.05 Å². The molecule has 0 aromatic heterocycles. The fourth-order valence-corrected chi connectivity index (χ4v) is 6.05. The number of ether oxygens (including phenoxy) is 1. The summed E-state index contributed by atoms with van der Waals surface area (Å²) in [6.45, 7) is 0.283. The van der Waals surface area contributed by atoms with Gasteiger partial charge in [0.05, 0.1) is 10.0 Å². The Morgan fingerprint density at radius 2 is 1.38 bits per heavy atom. The van der Waals surface area contributed by atoms with Gasteiger partial charge in [0.25, 0.3) is 0 Å². The fourth-order valence-electron chi connectivity index (χ4n) is 5.31. The Morgan fingerprint density at radius 1 is 0.853 bits per heavy atom. The van der Waals surface area contributed by atoms with Crippen molar-refractivity contribution in [3.05, 3.63) is 85.1 Å². The maximum Gasteiger partial charge on any atom is 0.161 e. The number of allylic oxidation sites excluding steroid dienone is 4. The minimum atomic E-state index is -0.442. The van der Waals surface area contributed by atoms with Gasteiger partial charge in [-0.05, 0) is 61.1 Å². The molecule has 4 nitrogen and oxygen atoms in total. The standard InChI is InChI=1S/C27H24Cl3NO3/c1-31-20-4-2-6-22(32)25(20)24(26-21(31)5-3-7-23(26)33)16-12-18(29)27(19(30)13-16)34-14-15-8-10-17(28)11-9-15/h8-13,24H,2-7,14H2,1H3. The molecule has 0 saturated carbocycles. The van der Waals surface area contributed by atoms with E-state index in [1.165, 1.54) is 0 Å². The molecule has 0 amide bonds. The van der Waals surface area contributed by atoms with Crippen LogP contribution >= 0.6 is 34.8 Å². The van der Waals surface area contributed by atoms with Gasteiger partial charge in [-0.1, -0.05) is 46.9 Å². The molecule has 2 aromatic carbocycles. The van der Waals surface area contributed by atoms with Crippen molar-refractivity contribution < 1.29 is 14.3 Å². The molecule has 0 saturated heterocycles. The van der Waals surface area contributed by atoms with Crippen LogP contribution in [-0.4, -0.2) is 23.5 Å². The maximum absolute atomic E-state index is 13.1. The molecule has 34 heavy (non-hydrogen) atoms. The van der Waals surface area contributed by atoms with Gasteiger partial charge in [0.2, 0.25) is 0 Å². The highest BCUT2D eigenvalue weighted by Crippen LogP contribution is 2.50. The van der Waals surface area contributed by atoms with Gasteiger partial charge in [-0.25, -0.2) is 0 Å². The van der Waals surface area contributed by atoms with Crippen molar-refractivity contribution in [3.8, 4) is 5.75 Å². The van der Waals surface area contributed by atoms with Crippen LogP contribution in [0.1, 0.15) is 55.6 Å². The van der Waals surface area contributed by atoms with Crippen LogP contribution in [0.3, 0.4) is 0 Å². The van der Waals surface area contributed by atoms with Gasteiger partial charge >= 0.3 is 0 Å². The lowest BCUT2D eigenvalue weighted by Gasteiger charge is -2.42. The van der Waals surface area contributed by atoms with Gasteiger partial charge < -0.3 is 9.64 Å².